The van der Waals surface area contributed by atoms with Crippen LogP contribution in [-0.4, -0.2) is 27.3 Å². The molecule has 2 aromatic rings. The highest BCUT2D eigenvalue weighted by Gasteiger charge is 2.21. The molecule has 22 heavy (non-hydrogen) atoms. The second-order valence-corrected chi connectivity index (χ2v) is 5.72. The van der Waals surface area contributed by atoms with Crippen molar-refractivity contribution in [1.82, 2.24) is 14.9 Å². The molecule has 0 unspecified atom stereocenters. The number of carbonyl (C=O) groups is 1. The molecule has 4 nitrogen and oxygen atoms in total. The number of carbonyl (C=O) groups excluding carboxylic acids is 1. The Morgan fingerprint density at radius 1 is 1.41 bits per heavy atom. The first kappa shape index (κ1) is 14.9. The van der Waals surface area contributed by atoms with Crippen LogP contribution >= 0.6 is 11.6 Å². The minimum Gasteiger partial charge on any atom is -0.338 e. The molecule has 0 saturated heterocycles. The molecule has 3 rings (SSSR count). The number of benzene rings is 1. The summed E-state index contributed by atoms with van der Waals surface area (Å²) >= 11 is 5.75. The summed E-state index contributed by atoms with van der Waals surface area (Å²) in [6.45, 7) is 1.23. The molecule has 1 aromatic heterocycles. The quantitative estimate of drug-likeness (QED) is 0.874. The smallest absolute Gasteiger partial charge is 0.223 e. The van der Waals surface area contributed by atoms with Crippen LogP contribution in [0.2, 0.25) is 5.02 Å². The lowest BCUT2D eigenvalue weighted by Crippen LogP contribution is -2.36. The Bertz CT molecular complexity index is 708. The molecular formula is C16H15ClFN3O. The monoisotopic (exact) mass is 319 g/mol. The highest BCUT2D eigenvalue weighted by Crippen LogP contribution is 2.19. The fourth-order valence-corrected chi connectivity index (χ4v) is 2.79. The SMILES string of the molecule is O=C(CCc1ccc(F)c(Cl)c1)N1CCc2ncncc2C1. The standard InChI is InChI=1S/C16H15ClFN3O/c17-13-7-11(1-3-14(13)18)2-4-16(22)21-6-5-15-12(9-21)8-19-10-20-15/h1,3,7-8,10H,2,4-6,9H2. The molecule has 114 valence electrons. The van der Waals surface area contributed by atoms with E-state index in [1.165, 1.54) is 12.4 Å². The van der Waals surface area contributed by atoms with Crippen molar-refractivity contribution in [3.05, 3.63) is 58.4 Å². The second-order valence-electron chi connectivity index (χ2n) is 5.31. The Morgan fingerprint density at radius 2 is 2.27 bits per heavy atom. The number of hydrogen-bond donors (Lipinski definition) is 0. The van der Waals surface area contributed by atoms with Crippen LogP contribution < -0.4 is 0 Å². The molecule has 0 atom stereocenters. The van der Waals surface area contributed by atoms with Gasteiger partial charge in [0.25, 0.3) is 0 Å². The molecule has 1 aliphatic heterocycles. The number of aryl methyl sites for hydroxylation is 1. The normalized spacial score (nSPS) is 13.8. The van der Waals surface area contributed by atoms with E-state index in [1.807, 2.05) is 4.90 Å². The maximum atomic E-state index is 13.1. The summed E-state index contributed by atoms with van der Waals surface area (Å²) in [5.41, 5.74) is 2.89. The van der Waals surface area contributed by atoms with Crippen LogP contribution in [-0.2, 0) is 24.2 Å². The fourth-order valence-electron chi connectivity index (χ4n) is 2.58. The maximum absolute atomic E-state index is 13.1. The van der Waals surface area contributed by atoms with E-state index in [2.05, 4.69) is 9.97 Å². The van der Waals surface area contributed by atoms with E-state index in [0.717, 1.165) is 23.2 Å². The van der Waals surface area contributed by atoms with Gasteiger partial charge in [0.15, 0.2) is 0 Å². The summed E-state index contributed by atoms with van der Waals surface area (Å²) in [6.07, 6.45) is 4.99. The lowest BCUT2D eigenvalue weighted by atomic mass is 10.1. The van der Waals surface area contributed by atoms with E-state index in [9.17, 15) is 9.18 Å². The van der Waals surface area contributed by atoms with Crippen molar-refractivity contribution in [2.24, 2.45) is 0 Å². The van der Waals surface area contributed by atoms with Crippen molar-refractivity contribution in [1.29, 1.82) is 0 Å². The van der Waals surface area contributed by atoms with Gasteiger partial charge >= 0.3 is 0 Å². The third kappa shape index (κ3) is 3.25. The van der Waals surface area contributed by atoms with Gasteiger partial charge in [0.1, 0.15) is 12.1 Å². The molecule has 0 radical (unpaired) electrons. The van der Waals surface area contributed by atoms with Crippen LogP contribution in [0.25, 0.3) is 0 Å². The molecule has 0 aliphatic carbocycles. The van der Waals surface area contributed by atoms with Gasteiger partial charge in [-0.1, -0.05) is 17.7 Å². The molecule has 1 amide bonds. The highest BCUT2D eigenvalue weighted by molar-refractivity contribution is 6.30. The van der Waals surface area contributed by atoms with Crippen molar-refractivity contribution in [2.45, 2.75) is 25.8 Å². The van der Waals surface area contributed by atoms with Gasteiger partial charge in [-0.15, -0.1) is 0 Å². The number of amides is 1. The number of fused-ring (bicyclic) bond motifs is 1. The Morgan fingerprint density at radius 3 is 3.09 bits per heavy atom. The van der Waals surface area contributed by atoms with E-state index in [-0.39, 0.29) is 10.9 Å². The predicted molar refractivity (Wildman–Crippen MR) is 80.9 cm³/mol. The third-order valence-electron chi connectivity index (χ3n) is 3.83. The molecule has 2 heterocycles. The summed E-state index contributed by atoms with van der Waals surface area (Å²) in [5.74, 6) is -0.362. The zero-order chi connectivity index (χ0) is 15.5. The van der Waals surface area contributed by atoms with Gasteiger partial charge in [0, 0.05) is 37.7 Å². The topological polar surface area (TPSA) is 46.1 Å². The first-order chi connectivity index (χ1) is 10.6. The van der Waals surface area contributed by atoms with Crippen LogP contribution in [0.1, 0.15) is 23.2 Å². The van der Waals surface area contributed by atoms with Gasteiger partial charge in [-0.05, 0) is 24.1 Å². The van der Waals surface area contributed by atoms with Crippen LogP contribution in [0.5, 0.6) is 0 Å². The first-order valence-electron chi connectivity index (χ1n) is 7.13. The molecule has 1 aromatic carbocycles. The lowest BCUT2D eigenvalue weighted by molar-refractivity contribution is -0.132. The Labute approximate surface area is 133 Å². The lowest BCUT2D eigenvalue weighted by Gasteiger charge is -2.27. The maximum Gasteiger partial charge on any atom is 0.223 e. The minimum absolute atomic E-state index is 0.0787. The Hall–Kier alpha value is -2.01. The zero-order valence-corrected chi connectivity index (χ0v) is 12.7. The summed E-state index contributed by atoms with van der Waals surface area (Å²) < 4.78 is 13.1. The molecule has 0 bridgehead atoms. The summed E-state index contributed by atoms with van der Waals surface area (Å²) in [6, 6.07) is 4.56. The number of nitrogens with zero attached hydrogens (tertiary/aromatic N) is 3. The highest BCUT2D eigenvalue weighted by atomic mass is 35.5. The minimum atomic E-state index is -0.440. The Balaban J connectivity index is 1.60. The average Bonchev–Trinajstić information content (AvgIpc) is 2.55. The molecule has 6 heteroatoms. The number of halogens is 2. The molecule has 0 spiro atoms. The number of rotatable bonds is 3. The zero-order valence-electron chi connectivity index (χ0n) is 11.9. The number of aromatic nitrogens is 2. The van der Waals surface area contributed by atoms with Crippen molar-refractivity contribution in [3.8, 4) is 0 Å². The van der Waals surface area contributed by atoms with Gasteiger partial charge in [-0.2, -0.15) is 0 Å². The summed E-state index contributed by atoms with van der Waals surface area (Å²) in [4.78, 5) is 22.4. The van der Waals surface area contributed by atoms with Gasteiger partial charge in [-0.3, -0.25) is 4.79 Å². The average molecular weight is 320 g/mol. The van der Waals surface area contributed by atoms with Crippen LogP contribution in [0, 0.1) is 5.82 Å². The van der Waals surface area contributed by atoms with Crippen LogP contribution in [0.4, 0.5) is 4.39 Å². The van der Waals surface area contributed by atoms with E-state index in [0.29, 0.717) is 25.9 Å². The van der Waals surface area contributed by atoms with Crippen molar-refractivity contribution in [2.75, 3.05) is 6.54 Å². The molecule has 1 aliphatic rings. The van der Waals surface area contributed by atoms with E-state index in [1.54, 1.807) is 18.3 Å². The molecule has 0 N–H and O–H groups in total. The largest absolute Gasteiger partial charge is 0.338 e. The van der Waals surface area contributed by atoms with E-state index in [4.69, 9.17) is 11.6 Å². The summed E-state index contributed by atoms with van der Waals surface area (Å²) in [5, 5.41) is 0.0917. The van der Waals surface area contributed by atoms with Crippen LogP contribution in [0.3, 0.4) is 0 Å². The first-order valence-corrected chi connectivity index (χ1v) is 7.51. The van der Waals surface area contributed by atoms with Gasteiger partial charge in [0.2, 0.25) is 5.91 Å². The van der Waals surface area contributed by atoms with Gasteiger partial charge in [-0.25, -0.2) is 14.4 Å². The molecular weight excluding hydrogens is 305 g/mol. The third-order valence-corrected chi connectivity index (χ3v) is 4.11. The van der Waals surface area contributed by atoms with E-state index < -0.39 is 5.82 Å². The van der Waals surface area contributed by atoms with Crippen molar-refractivity contribution < 1.29 is 9.18 Å². The predicted octanol–water partition coefficient (Wildman–Crippen LogP) is 2.79. The second kappa shape index (κ2) is 6.40. The van der Waals surface area contributed by atoms with Crippen LogP contribution in [0.15, 0.2) is 30.7 Å². The molecule has 0 saturated carbocycles. The van der Waals surface area contributed by atoms with Crippen molar-refractivity contribution in [3.63, 3.8) is 0 Å². The number of hydrogen-bond acceptors (Lipinski definition) is 3. The molecule has 0 fully saturated rings. The van der Waals surface area contributed by atoms with Gasteiger partial charge in [0.05, 0.1) is 10.7 Å². The summed E-state index contributed by atoms with van der Waals surface area (Å²) in [7, 11) is 0. The van der Waals surface area contributed by atoms with Gasteiger partial charge < -0.3 is 4.90 Å². The van der Waals surface area contributed by atoms with Crippen molar-refractivity contribution >= 4 is 17.5 Å². The van der Waals surface area contributed by atoms with E-state index >= 15 is 0 Å². The Kier molecular flexibility index (Phi) is 4.34. The fraction of sp³-hybridized carbons (Fsp3) is 0.312.